The van der Waals surface area contributed by atoms with Gasteiger partial charge >= 0.3 is 0 Å². The molecule has 0 bridgehead atoms. The van der Waals surface area contributed by atoms with Gasteiger partial charge in [0.2, 0.25) is 0 Å². The first-order valence-corrected chi connectivity index (χ1v) is 7.73. The predicted molar refractivity (Wildman–Crippen MR) is 84.4 cm³/mol. The van der Waals surface area contributed by atoms with Gasteiger partial charge < -0.3 is 8.98 Å². The first kappa shape index (κ1) is 13.9. The highest BCUT2D eigenvalue weighted by molar-refractivity contribution is 14.1. The lowest BCUT2D eigenvalue weighted by Crippen LogP contribution is -2.05. The second kappa shape index (κ2) is 5.73. The lowest BCUT2D eigenvalue weighted by Gasteiger charge is -2.06. The van der Waals surface area contributed by atoms with E-state index in [4.69, 9.17) is 16.0 Å². The maximum atomic E-state index is 13.8. The number of aromatic nitrogens is 2. The van der Waals surface area contributed by atoms with Crippen LogP contribution in [0.25, 0.3) is 11.0 Å². The normalized spacial score (nSPS) is 11.3. The highest BCUT2D eigenvalue weighted by atomic mass is 127. The van der Waals surface area contributed by atoms with Crippen molar-refractivity contribution in [3.63, 3.8) is 0 Å². The molecular weight excluding hydrogens is 394 g/mol. The van der Waals surface area contributed by atoms with E-state index >= 15 is 0 Å². The summed E-state index contributed by atoms with van der Waals surface area (Å²) in [6.45, 7) is 0.659. The maximum absolute atomic E-state index is 13.8. The summed E-state index contributed by atoms with van der Waals surface area (Å²) in [5.74, 6) is 1.69. The molecule has 2 heterocycles. The number of aryl methyl sites for hydroxylation is 2. The molecular formula is C14H11ClFIN2O. The van der Waals surface area contributed by atoms with Crippen LogP contribution in [0.4, 0.5) is 4.39 Å². The van der Waals surface area contributed by atoms with Crippen molar-refractivity contribution >= 4 is 45.2 Å². The van der Waals surface area contributed by atoms with Gasteiger partial charge in [-0.1, -0.05) is 0 Å². The minimum Gasteiger partial charge on any atom is -0.469 e. The molecule has 0 saturated heterocycles. The van der Waals surface area contributed by atoms with Gasteiger partial charge in [-0.2, -0.15) is 0 Å². The molecule has 0 amide bonds. The SMILES string of the molecule is Fc1cc2c(cc1I)nc(CCl)n2CCc1ccco1. The van der Waals surface area contributed by atoms with Gasteiger partial charge in [0.05, 0.1) is 26.7 Å². The Morgan fingerprint density at radius 3 is 2.95 bits per heavy atom. The van der Waals surface area contributed by atoms with Gasteiger partial charge in [-0.05, 0) is 40.8 Å². The predicted octanol–water partition coefficient (Wildman–Crippen LogP) is 4.35. The van der Waals surface area contributed by atoms with Crippen molar-refractivity contribution in [3.8, 4) is 0 Å². The van der Waals surface area contributed by atoms with Gasteiger partial charge in [0.1, 0.15) is 17.4 Å². The van der Waals surface area contributed by atoms with Crippen molar-refractivity contribution in [1.82, 2.24) is 9.55 Å². The molecule has 104 valence electrons. The van der Waals surface area contributed by atoms with Gasteiger partial charge in [0.25, 0.3) is 0 Å². The minimum atomic E-state index is -0.238. The van der Waals surface area contributed by atoms with E-state index in [2.05, 4.69) is 4.98 Å². The quantitative estimate of drug-likeness (QED) is 0.478. The Morgan fingerprint density at radius 2 is 2.25 bits per heavy atom. The number of halogens is 3. The van der Waals surface area contributed by atoms with Crippen LogP contribution < -0.4 is 0 Å². The Kier molecular flexibility index (Phi) is 3.98. The number of imidazole rings is 1. The summed E-state index contributed by atoms with van der Waals surface area (Å²) in [5.41, 5.74) is 1.54. The van der Waals surface area contributed by atoms with Crippen LogP contribution in [0.5, 0.6) is 0 Å². The monoisotopic (exact) mass is 404 g/mol. The van der Waals surface area contributed by atoms with Crippen molar-refractivity contribution < 1.29 is 8.81 Å². The van der Waals surface area contributed by atoms with Gasteiger partial charge in [-0.15, -0.1) is 11.6 Å². The fourth-order valence-electron chi connectivity index (χ4n) is 2.20. The first-order chi connectivity index (χ1) is 9.69. The molecule has 0 aliphatic heterocycles. The van der Waals surface area contributed by atoms with Crippen LogP contribution in [0, 0.1) is 9.39 Å². The largest absolute Gasteiger partial charge is 0.469 e. The number of furan rings is 1. The summed E-state index contributed by atoms with van der Waals surface area (Å²) < 4.78 is 21.6. The van der Waals surface area contributed by atoms with Gasteiger partial charge in [0.15, 0.2) is 0 Å². The van der Waals surface area contributed by atoms with Crippen molar-refractivity contribution in [3.05, 3.63) is 51.5 Å². The molecule has 20 heavy (non-hydrogen) atoms. The molecule has 3 aromatic rings. The lowest BCUT2D eigenvalue weighted by molar-refractivity contribution is 0.491. The number of hydrogen-bond donors (Lipinski definition) is 0. The fraction of sp³-hybridized carbons (Fsp3) is 0.214. The Morgan fingerprint density at radius 1 is 1.40 bits per heavy atom. The van der Waals surface area contributed by atoms with E-state index in [1.54, 1.807) is 12.3 Å². The molecule has 0 saturated carbocycles. The molecule has 0 aliphatic rings. The zero-order valence-electron chi connectivity index (χ0n) is 10.4. The molecule has 0 radical (unpaired) electrons. The van der Waals surface area contributed by atoms with Crippen molar-refractivity contribution in [1.29, 1.82) is 0 Å². The summed E-state index contributed by atoms with van der Waals surface area (Å²) in [7, 11) is 0. The van der Waals surface area contributed by atoms with Crippen LogP contribution in [0.15, 0.2) is 34.9 Å². The third-order valence-corrected chi connectivity index (χ3v) is 4.22. The van der Waals surface area contributed by atoms with E-state index in [-0.39, 0.29) is 5.82 Å². The zero-order chi connectivity index (χ0) is 14.1. The van der Waals surface area contributed by atoms with Crippen LogP contribution in [-0.2, 0) is 18.8 Å². The van der Waals surface area contributed by atoms with Gasteiger partial charge in [-0.3, -0.25) is 0 Å². The van der Waals surface area contributed by atoms with E-state index < -0.39 is 0 Å². The average molecular weight is 405 g/mol. The number of alkyl halides is 1. The molecule has 0 atom stereocenters. The van der Waals surface area contributed by atoms with Crippen LogP contribution in [0.2, 0.25) is 0 Å². The van der Waals surface area contributed by atoms with Gasteiger partial charge in [-0.25, -0.2) is 9.37 Å². The van der Waals surface area contributed by atoms with Crippen LogP contribution >= 0.6 is 34.2 Å². The standard InChI is InChI=1S/C14H11ClFIN2O/c15-8-14-18-12-7-11(17)10(16)6-13(12)19(14)4-3-9-2-1-5-20-9/h1-2,5-7H,3-4,8H2. The number of hydrogen-bond acceptors (Lipinski definition) is 2. The number of benzene rings is 1. The molecule has 3 nitrogen and oxygen atoms in total. The Bertz CT molecular complexity index is 739. The topological polar surface area (TPSA) is 31.0 Å². The molecule has 2 aromatic heterocycles. The van der Waals surface area contributed by atoms with E-state index in [1.807, 2.05) is 39.3 Å². The summed E-state index contributed by atoms with van der Waals surface area (Å²) in [6, 6.07) is 7.03. The molecule has 1 aromatic carbocycles. The van der Waals surface area contributed by atoms with Crippen molar-refractivity contribution in [2.24, 2.45) is 0 Å². The van der Waals surface area contributed by atoms with Crippen LogP contribution in [0.3, 0.4) is 0 Å². The van der Waals surface area contributed by atoms with Crippen molar-refractivity contribution in [2.75, 3.05) is 0 Å². The summed E-state index contributed by atoms with van der Waals surface area (Å²) in [6.07, 6.45) is 2.36. The number of fused-ring (bicyclic) bond motifs is 1. The Labute approximate surface area is 133 Å². The van der Waals surface area contributed by atoms with E-state index in [0.29, 0.717) is 16.0 Å². The number of nitrogens with zero attached hydrogens (tertiary/aromatic N) is 2. The minimum absolute atomic E-state index is 0.238. The zero-order valence-corrected chi connectivity index (χ0v) is 13.4. The first-order valence-electron chi connectivity index (χ1n) is 6.11. The summed E-state index contributed by atoms with van der Waals surface area (Å²) in [5, 5.41) is 0. The molecule has 0 fully saturated rings. The third kappa shape index (κ3) is 2.56. The third-order valence-electron chi connectivity index (χ3n) is 3.15. The Balaban J connectivity index is 2.01. The summed E-state index contributed by atoms with van der Waals surface area (Å²) in [4.78, 5) is 4.46. The maximum Gasteiger partial charge on any atom is 0.138 e. The molecule has 0 spiro atoms. The van der Waals surface area contributed by atoms with Crippen LogP contribution in [0.1, 0.15) is 11.6 Å². The fourth-order valence-corrected chi connectivity index (χ4v) is 2.85. The lowest BCUT2D eigenvalue weighted by atomic mass is 10.3. The van der Waals surface area contributed by atoms with Crippen LogP contribution in [-0.4, -0.2) is 9.55 Å². The average Bonchev–Trinajstić information content (AvgIpc) is 3.05. The highest BCUT2D eigenvalue weighted by Gasteiger charge is 2.13. The molecule has 0 N–H and O–H groups in total. The molecule has 0 aliphatic carbocycles. The van der Waals surface area contributed by atoms with Crippen molar-refractivity contribution in [2.45, 2.75) is 18.8 Å². The van der Waals surface area contributed by atoms with E-state index in [1.165, 1.54) is 6.07 Å². The molecule has 6 heteroatoms. The number of rotatable bonds is 4. The summed E-state index contributed by atoms with van der Waals surface area (Å²) >= 11 is 7.90. The smallest absolute Gasteiger partial charge is 0.138 e. The highest BCUT2D eigenvalue weighted by Crippen LogP contribution is 2.23. The van der Waals surface area contributed by atoms with E-state index in [9.17, 15) is 4.39 Å². The Hall–Kier alpha value is -1.08. The second-order valence-electron chi connectivity index (χ2n) is 4.40. The van der Waals surface area contributed by atoms with E-state index in [0.717, 1.165) is 29.0 Å². The molecule has 0 unspecified atom stereocenters. The second-order valence-corrected chi connectivity index (χ2v) is 5.83. The van der Waals surface area contributed by atoms with Gasteiger partial charge in [0, 0.05) is 19.0 Å². The molecule has 3 rings (SSSR count).